The number of imide groups is 2. The van der Waals surface area contributed by atoms with Crippen molar-refractivity contribution in [2.24, 2.45) is 11.8 Å². The van der Waals surface area contributed by atoms with Crippen molar-refractivity contribution in [2.75, 3.05) is 0 Å². The standard InChI is InChI=1S/C62H106N3O16/c1-40(47(66)74-55(3,4)5)30-27-28-37-63-38-42(34-33-41(2)48(67)75-56(6,7)8)44(31-29-32-45(49(68)76-57(9,10)11)64(51(70)78-59(15,16)17)52(71)79-60(18,19)20)43(39-63)35-36-46(50(69)77-58(12,13)14)65(53(72)80-61(21,22)23)54(73)81-62(24,25)26/h38-41,45-46H,27-37H2,1-26H3/q+1/t40-,41?,45-,46-/m0/s1. The predicted octanol–water partition coefficient (Wildman–Crippen LogP) is 13.1. The normalized spacial score (nSPS) is 14.3. The van der Waals surface area contributed by atoms with Crippen LogP contribution in [0.1, 0.15) is 242 Å². The second kappa shape index (κ2) is 29.2. The lowest BCUT2D eigenvalue weighted by atomic mass is 9.90. The maximum Gasteiger partial charge on any atom is 0.420 e. The van der Waals surface area contributed by atoms with Crippen LogP contribution in [0.3, 0.4) is 0 Å². The Morgan fingerprint density at radius 2 is 0.642 bits per heavy atom. The summed E-state index contributed by atoms with van der Waals surface area (Å²) < 4.78 is 48.2. The van der Waals surface area contributed by atoms with Crippen LogP contribution in [0.2, 0.25) is 0 Å². The van der Waals surface area contributed by atoms with Crippen LogP contribution >= 0.6 is 0 Å². The summed E-state index contributed by atoms with van der Waals surface area (Å²) >= 11 is 0. The van der Waals surface area contributed by atoms with Crippen molar-refractivity contribution in [3.63, 3.8) is 0 Å². The minimum absolute atomic E-state index is 0.0455. The molecule has 0 saturated heterocycles. The van der Waals surface area contributed by atoms with Crippen molar-refractivity contribution in [3.8, 4) is 0 Å². The third-order valence-electron chi connectivity index (χ3n) is 11.1. The van der Waals surface area contributed by atoms with Gasteiger partial charge in [-0.3, -0.25) is 9.59 Å². The van der Waals surface area contributed by atoms with Gasteiger partial charge in [-0.2, -0.15) is 9.80 Å². The molecule has 0 spiro atoms. The number of pyridine rings is 1. The van der Waals surface area contributed by atoms with Gasteiger partial charge in [-0.15, -0.1) is 0 Å². The molecule has 0 aliphatic heterocycles. The van der Waals surface area contributed by atoms with Gasteiger partial charge in [0.2, 0.25) is 0 Å². The third-order valence-corrected chi connectivity index (χ3v) is 11.1. The number of amides is 4. The minimum atomic E-state index is -1.58. The summed E-state index contributed by atoms with van der Waals surface area (Å²) in [4.78, 5) is 113. The lowest BCUT2D eigenvalue weighted by Gasteiger charge is -2.34. The largest absolute Gasteiger partial charge is 0.460 e. The van der Waals surface area contributed by atoms with Gasteiger partial charge < -0.3 is 37.9 Å². The number of aromatic nitrogens is 1. The van der Waals surface area contributed by atoms with Gasteiger partial charge in [-0.25, -0.2) is 33.3 Å². The molecule has 0 fully saturated rings. The van der Waals surface area contributed by atoms with E-state index in [1.807, 2.05) is 44.7 Å². The van der Waals surface area contributed by atoms with Gasteiger partial charge in [-0.1, -0.05) is 13.8 Å². The second-order valence-electron chi connectivity index (χ2n) is 29.1. The highest BCUT2D eigenvalue weighted by atomic mass is 16.6. The van der Waals surface area contributed by atoms with Crippen molar-refractivity contribution >= 4 is 48.3 Å². The quantitative estimate of drug-likeness (QED) is 0.0483. The van der Waals surface area contributed by atoms with Crippen LogP contribution in [0.15, 0.2) is 12.4 Å². The molecule has 19 heteroatoms. The fraction of sp³-hybridized carbons (Fsp3) is 0.790. The molecule has 0 aromatic carbocycles. The highest BCUT2D eigenvalue weighted by Crippen LogP contribution is 2.29. The van der Waals surface area contributed by atoms with Crippen molar-refractivity contribution in [1.29, 1.82) is 0 Å². The summed E-state index contributed by atoms with van der Waals surface area (Å²) in [6.07, 6.45) is 2.06. The summed E-state index contributed by atoms with van der Waals surface area (Å²) in [6.45, 7) is 44.6. The highest BCUT2D eigenvalue weighted by Gasteiger charge is 2.44. The van der Waals surface area contributed by atoms with Crippen LogP contribution in [-0.4, -0.2) is 115 Å². The van der Waals surface area contributed by atoms with Crippen LogP contribution in [0.5, 0.6) is 0 Å². The molecule has 1 heterocycles. The van der Waals surface area contributed by atoms with Gasteiger partial charge in [0.05, 0.1) is 11.8 Å². The summed E-state index contributed by atoms with van der Waals surface area (Å²) in [5.41, 5.74) is -5.60. The zero-order valence-corrected chi connectivity index (χ0v) is 54.6. The number of hydrogen-bond acceptors (Lipinski definition) is 16. The Morgan fingerprint density at radius 1 is 0.358 bits per heavy atom. The molecule has 1 rings (SSSR count). The van der Waals surface area contributed by atoms with Gasteiger partial charge in [0, 0.05) is 17.5 Å². The van der Waals surface area contributed by atoms with Gasteiger partial charge >= 0.3 is 48.3 Å². The topological polar surface area (TPSA) is 221 Å². The molecule has 4 amide bonds. The Labute approximate surface area is 485 Å². The highest BCUT2D eigenvalue weighted by molar-refractivity contribution is 5.95. The number of ether oxygens (including phenoxy) is 8. The van der Waals surface area contributed by atoms with Crippen LogP contribution in [0.4, 0.5) is 19.2 Å². The molecule has 1 unspecified atom stereocenters. The molecule has 81 heavy (non-hydrogen) atoms. The Morgan fingerprint density at radius 3 is 0.963 bits per heavy atom. The van der Waals surface area contributed by atoms with Gasteiger partial charge in [-0.05, 0) is 230 Å². The van der Waals surface area contributed by atoms with E-state index in [0.29, 0.717) is 54.0 Å². The molecular formula is C62H106N3O16+. The number of carbonyl (C=O) groups excluding carboxylic acids is 8. The van der Waals surface area contributed by atoms with Crippen molar-refractivity contribution < 1.29 is 80.8 Å². The average molecular weight is 1150 g/mol. The number of rotatable bonds is 21. The molecule has 1 aromatic heterocycles. The molecule has 0 N–H and O–H groups in total. The molecule has 4 atom stereocenters. The zero-order valence-electron chi connectivity index (χ0n) is 54.6. The maximum absolute atomic E-state index is 14.5. The van der Waals surface area contributed by atoms with E-state index in [9.17, 15) is 38.4 Å². The fourth-order valence-corrected chi connectivity index (χ4v) is 7.95. The summed E-state index contributed by atoms with van der Waals surface area (Å²) in [6, 6.07) is -3.11. The van der Waals surface area contributed by atoms with E-state index in [0.717, 1.165) is 11.1 Å². The Bertz CT molecular complexity index is 2250. The summed E-state index contributed by atoms with van der Waals surface area (Å²) in [7, 11) is 0. The number of aryl methyl sites for hydroxylation is 3. The molecule has 0 aliphatic rings. The van der Waals surface area contributed by atoms with Crippen LogP contribution < -0.4 is 4.57 Å². The zero-order chi connectivity index (χ0) is 63.2. The number of unbranched alkanes of at least 4 members (excludes halogenated alkanes) is 1. The van der Waals surface area contributed by atoms with Crippen LogP contribution in [0.25, 0.3) is 0 Å². The van der Waals surface area contributed by atoms with E-state index >= 15 is 0 Å². The summed E-state index contributed by atoms with van der Waals surface area (Å²) in [5, 5.41) is 0. The Kier molecular flexibility index (Phi) is 26.5. The van der Waals surface area contributed by atoms with E-state index in [2.05, 4.69) is 0 Å². The first-order valence-electron chi connectivity index (χ1n) is 28.7. The minimum Gasteiger partial charge on any atom is -0.460 e. The van der Waals surface area contributed by atoms with E-state index in [1.54, 1.807) is 152 Å². The second-order valence-corrected chi connectivity index (χ2v) is 29.1. The van der Waals surface area contributed by atoms with E-state index < -0.39 is 99.1 Å². The lowest BCUT2D eigenvalue weighted by Crippen LogP contribution is -2.53. The average Bonchev–Trinajstić information content (AvgIpc) is 3.20. The van der Waals surface area contributed by atoms with Gasteiger partial charge in [0.25, 0.3) is 0 Å². The van der Waals surface area contributed by atoms with Crippen molar-refractivity contribution in [3.05, 3.63) is 29.1 Å². The van der Waals surface area contributed by atoms with Crippen LogP contribution in [0, 0.1) is 11.8 Å². The SMILES string of the molecule is CC(CCc1c[n+](CCCC[C@H](C)C(=O)OC(C)(C)C)cc(CC[C@@H](C(=O)OC(C)(C)C)N(C(=O)OC(C)(C)C)C(=O)OC(C)(C)C)c1CCC[C@@H](C(=O)OC(C)(C)C)N(C(=O)OC(C)(C)C)C(=O)OC(C)(C)C)C(=O)OC(C)(C)C. The number of hydrogen-bond donors (Lipinski definition) is 0. The molecule has 0 aliphatic carbocycles. The number of carbonyl (C=O) groups is 8. The number of esters is 4. The molecule has 1 aromatic rings. The van der Waals surface area contributed by atoms with Gasteiger partial charge in [0.1, 0.15) is 63.4 Å². The maximum atomic E-state index is 14.5. The lowest BCUT2D eigenvalue weighted by molar-refractivity contribution is -0.698. The molecule has 19 nitrogen and oxygen atoms in total. The van der Waals surface area contributed by atoms with Crippen LogP contribution in [-0.2, 0) is 82.9 Å². The fourth-order valence-electron chi connectivity index (χ4n) is 7.95. The molecule has 0 saturated carbocycles. The third kappa shape index (κ3) is 30.4. The first-order valence-corrected chi connectivity index (χ1v) is 28.7. The molecular weight excluding hydrogens is 1040 g/mol. The molecule has 0 radical (unpaired) electrons. The number of nitrogens with zero attached hydrogens (tertiary/aromatic N) is 3. The Hall–Kier alpha value is -5.49. The van der Waals surface area contributed by atoms with Crippen molar-refractivity contribution in [2.45, 2.75) is 308 Å². The summed E-state index contributed by atoms with van der Waals surface area (Å²) in [5.74, 6) is -3.35. The first-order chi connectivity index (χ1) is 36.3. The molecule has 464 valence electrons. The monoisotopic (exact) mass is 1150 g/mol. The van der Waals surface area contributed by atoms with E-state index in [1.165, 1.54) is 0 Å². The van der Waals surface area contributed by atoms with Crippen molar-refractivity contribution in [1.82, 2.24) is 9.80 Å². The molecule has 0 bridgehead atoms. The van der Waals surface area contributed by atoms with Gasteiger partial charge in [0.15, 0.2) is 12.4 Å². The smallest absolute Gasteiger partial charge is 0.420 e. The first kappa shape index (κ1) is 73.5. The van der Waals surface area contributed by atoms with E-state index in [-0.39, 0.29) is 50.0 Å². The Balaban J connectivity index is 4.45. The van der Waals surface area contributed by atoms with E-state index in [4.69, 9.17) is 37.9 Å². The predicted molar refractivity (Wildman–Crippen MR) is 308 cm³/mol.